The Bertz CT molecular complexity index is 1800. The maximum absolute atomic E-state index is 12.9. The number of rotatable bonds is 8. The number of ether oxygens (including phenoxy) is 2. The number of hydrogen-bond acceptors (Lipinski definition) is 7. The van der Waals surface area contributed by atoms with Crippen LogP contribution in [0.2, 0.25) is 5.04 Å². The van der Waals surface area contributed by atoms with E-state index < -0.39 is 14.1 Å². The minimum absolute atomic E-state index is 0.0965. The first-order valence-electron chi connectivity index (χ1n) is 16.9. The SMILES string of the molecule is CC(C)(C)[Si](OC[C@@H]1CCC[C@]2(CCC[C@@H](n3cnc4c(NC(=O)c5ccccc5)ncnc43)O2)O1)(c1ccccc1)c1ccccc1. The van der Waals surface area contributed by atoms with E-state index in [1.54, 1.807) is 18.5 Å². The van der Waals surface area contributed by atoms with Gasteiger partial charge in [0, 0.05) is 18.4 Å². The molecule has 1 N–H and O–H groups in total. The Morgan fingerprint density at radius 2 is 1.50 bits per heavy atom. The van der Waals surface area contributed by atoms with E-state index in [1.165, 1.54) is 16.7 Å². The monoisotopic (exact) mass is 661 g/mol. The van der Waals surface area contributed by atoms with Gasteiger partial charge in [-0.15, -0.1) is 0 Å². The van der Waals surface area contributed by atoms with Gasteiger partial charge in [-0.25, -0.2) is 15.0 Å². The summed E-state index contributed by atoms with van der Waals surface area (Å²) in [5.74, 6) is -0.596. The number of anilines is 1. The predicted octanol–water partition coefficient (Wildman–Crippen LogP) is 6.62. The van der Waals surface area contributed by atoms with Crippen molar-refractivity contribution in [2.24, 2.45) is 0 Å². The molecule has 0 bridgehead atoms. The van der Waals surface area contributed by atoms with Crippen molar-refractivity contribution in [3.8, 4) is 0 Å². The van der Waals surface area contributed by atoms with E-state index in [0.717, 1.165) is 38.5 Å². The highest BCUT2D eigenvalue weighted by molar-refractivity contribution is 6.99. The standard InChI is InChI=1S/C38H43N5O4Si/c1-37(2,3)48(30-18-9-5-10-19-30,31-20-11-6-12-21-31)45-25-29-17-13-23-38(46-29)24-14-22-32(47-38)43-27-41-33-34(39-26-40-35(33)43)42-36(44)28-15-7-4-8-16-28/h4-12,15-16,18-21,26-27,29,32H,13-14,17,22-25H2,1-3H3,(H,39,40,42,44)/t29-,32-,38-/m0/s1. The molecular weight excluding hydrogens is 619 g/mol. The van der Waals surface area contributed by atoms with Crippen LogP contribution in [0.5, 0.6) is 0 Å². The van der Waals surface area contributed by atoms with Gasteiger partial charge in [-0.05, 0) is 53.2 Å². The van der Waals surface area contributed by atoms with E-state index in [0.29, 0.717) is 29.2 Å². The average Bonchev–Trinajstić information content (AvgIpc) is 3.55. The van der Waals surface area contributed by atoms with Gasteiger partial charge in [0.1, 0.15) is 12.6 Å². The first-order chi connectivity index (χ1) is 23.3. The molecule has 7 rings (SSSR count). The second kappa shape index (κ2) is 13.4. The number of carbonyl (C=O) groups is 1. The van der Waals surface area contributed by atoms with E-state index in [1.807, 2.05) is 22.8 Å². The third-order valence-corrected chi connectivity index (χ3v) is 14.7. The van der Waals surface area contributed by atoms with Crippen molar-refractivity contribution in [3.05, 3.63) is 109 Å². The summed E-state index contributed by atoms with van der Waals surface area (Å²) in [6.07, 6.45) is 8.06. The number of imidazole rings is 1. The molecule has 0 aliphatic carbocycles. The third-order valence-electron chi connectivity index (χ3n) is 9.66. The highest BCUT2D eigenvalue weighted by Crippen LogP contribution is 2.44. The van der Waals surface area contributed by atoms with Crippen molar-refractivity contribution < 1.29 is 18.7 Å². The number of nitrogens with zero attached hydrogens (tertiary/aromatic N) is 4. The Kier molecular flexibility index (Phi) is 8.99. The van der Waals surface area contributed by atoms with Gasteiger partial charge in [0.05, 0.1) is 19.0 Å². The van der Waals surface area contributed by atoms with Crippen molar-refractivity contribution >= 4 is 41.6 Å². The molecule has 2 aliphatic rings. The molecule has 48 heavy (non-hydrogen) atoms. The first-order valence-corrected chi connectivity index (χ1v) is 18.8. The minimum Gasteiger partial charge on any atom is -0.405 e. The van der Waals surface area contributed by atoms with E-state index in [4.69, 9.17) is 13.9 Å². The predicted molar refractivity (Wildman–Crippen MR) is 189 cm³/mol. The van der Waals surface area contributed by atoms with Gasteiger partial charge in [-0.3, -0.25) is 9.36 Å². The summed E-state index contributed by atoms with van der Waals surface area (Å²) < 4.78 is 23.0. The van der Waals surface area contributed by atoms with Crippen LogP contribution in [0.15, 0.2) is 104 Å². The molecule has 4 heterocycles. The number of nitrogens with one attached hydrogen (secondary N) is 1. The minimum atomic E-state index is -2.70. The number of benzene rings is 3. The number of amides is 1. The lowest BCUT2D eigenvalue weighted by molar-refractivity contribution is -0.329. The van der Waals surface area contributed by atoms with Gasteiger partial charge >= 0.3 is 0 Å². The zero-order valence-corrected chi connectivity index (χ0v) is 28.8. The molecule has 2 fully saturated rings. The maximum Gasteiger partial charge on any atom is 0.261 e. The second-order valence-electron chi connectivity index (χ2n) is 13.8. The number of hydrogen-bond donors (Lipinski definition) is 1. The fourth-order valence-electron chi connectivity index (χ4n) is 7.42. The zero-order valence-electron chi connectivity index (χ0n) is 27.8. The van der Waals surface area contributed by atoms with Crippen molar-refractivity contribution in [2.75, 3.05) is 11.9 Å². The number of fused-ring (bicyclic) bond motifs is 1. The molecule has 2 aromatic heterocycles. The van der Waals surface area contributed by atoms with Crippen molar-refractivity contribution in [1.29, 1.82) is 0 Å². The van der Waals surface area contributed by atoms with Crippen LogP contribution in [-0.4, -0.2) is 52.2 Å². The Hall–Kier alpha value is -4.22. The van der Waals surface area contributed by atoms with Crippen LogP contribution in [-0.2, 0) is 13.9 Å². The topological polar surface area (TPSA) is 100 Å². The van der Waals surface area contributed by atoms with Gasteiger partial charge in [0.2, 0.25) is 0 Å². The average molecular weight is 662 g/mol. The van der Waals surface area contributed by atoms with Crippen molar-refractivity contribution in [1.82, 2.24) is 19.5 Å². The number of aromatic nitrogens is 4. The summed E-state index contributed by atoms with van der Waals surface area (Å²) in [6.45, 7) is 7.40. The molecular formula is C38H43N5O4Si. The van der Waals surface area contributed by atoms with E-state index in [-0.39, 0.29) is 23.3 Å². The quantitative estimate of drug-likeness (QED) is 0.187. The molecule has 0 radical (unpaired) electrons. The maximum atomic E-state index is 12.9. The fraction of sp³-hybridized carbons (Fsp3) is 0.368. The summed E-state index contributed by atoms with van der Waals surface area (Å²) >= 11 is 0. The van der Waals surface area contributed by atoms with Crippen LogP contribution in [0.3, 0.4) is 0 Å². The molecule has 1 spiro atoms. The van der Waals surface area contributed by atoms with Crippen molar-refractivity contribution in [2.45, 2.75) is 82.5 Å². The van der Waals surface area contributed by atoms with Crippen LogP contribution in [0.25, 0.3) is 11.2 Å². The molecule has 3 aromatic carbocycles. The first kappa shape index (κ1) is 32.3. The molecule has 248 valence electrons. The molecule has 2 aliphatic heterocycles. The van der Waals surface area contributed by atoms with Gasteiger partial charge < -0.3 is 19.2 Å². The normalized spacial score (nSPS) is 21.7. The molecule has 3 atom stereocenters. The molecule has 2 saturated heterocycles. The molecule has 0 saturated carbocycles. The van der Waals surface area contributed by atoms with Crippen LogP contribution in [0.1, 0.15) is 75.9 Å². The van der Waals surface area contributed by atoms with Crippen LogP contribution >= 0.6 is 0 Å². The van der Waals surface area contributed by atoms with Gasteiger partial charge in [-0.1, -0.05) is 99.6 Å². The molecule has 5 aromatic rings. The van der Waals surface area contributed by atoms with Crippen molar-refractivity contribution in [3.63, 3.8) is 0 Å². The molecule has 0 unspecified atom stereocenters. The zero-order chi connectivity index (χ0) is 33.2. The van der Waals surface area contributed by atoms with E-state index >= 15 is 0 Å². The highest BCUT2D eigenvalue weighted by Gasteiger charge is 2.51. The highest BCUT2D eigenvalue weighted by atomic mass is 28.4. The molecule has 10 heteroatoms. The van der Waals surface area contributed by atoms with E-state index in [2.05, 4.69) is 102 Å². The molecule has 9 nitrogen and oxygen atoms in total. The number of carbonyl (C=O) groups excluding carboxylic acids is 1. The van der Waals surface area contributed by atoms with Gasteiger partial charge in [0.25, 0.3) is 14.2 Å². The summed E-state index contributed by atoms with van der Waals surface area (Å²) in [6, 6.07) is 30.5. The van der Waals surface area contributed by atoms with Crippen LogP contribution in [0, 0.1) is 0 Å². The Morgan fingerprint density at radius 1 is 0.875 bits per heavy atom. The molecule has 1 amide bonds. The lowest BCUT2D eigenvalue weighted by atomic mass is 9.94. The Balaban J connectivity index is 1.10. The summed E-state index contributed by atoms with van der Waals surface area (Å²) in [4.78, 5) is 26.4. The fourth-order valence-corrected chi connectivity index (χ4v) is 12.0. The lowest BCUT2D eigenvalue weighted by Crippen LogP contribution is -2.67. The van der Waals surface area contributed by atoms with Crippen LogP contribution in [0.4, 0.5) is 5.82 Å². The lowest BCUT2D eigenvalue weighted by Gasteiger charge is -2.47. The summed E-state index contributed by atoms with van der Waals surface area (Å²) in [5, 5.41) is 5.31. The smallest absolute Gasteiger partial charge is 0.261 e. The van der Waals surface area contributed by atoms with Gasteiger partial charge in [0.15, 0.2) is 22.8 Å². The third kappa shape index (κ3) is 6.21. The second-order valence-corrected chi connectivity index (χ2v) is 18.2. The summed E-state index contributed by atoms with van der Waals surface area (Å²) in [7, 11) is -2.70. The van der Waals surface area contributed by atoms with Gasteiger partial charge in [-0.2, -0.15) is 0 Å². The Labute approximate surface area is 282 Å². The largest absolute Gasteiger partial charge is 0.405 e. The summed E-state index contributed by atoms with van der Waals surface area (Å²) in [5.41, 5.74) is 1.67. The van der Waals surface area contributed by atoms with E-state index in [9.17, 15) is 4.79 Å². The Morgan fingerprint density at radius 3 is 2.15 bits per heavy atom. The van der Waals surface area contributed by atoms with Crippen LogP contribution < -0.4 is 15.7 Å².